The zero-order valence-electron chi connectivity index (χ0n) is 14.1. The highest BCUT2D eigenvalue weighted by atomic mass is 15.1. The minimum absolute atomic E-state index is 0.0159. The molecule has 0 saturated carbocycles. The lowest BCUT2D eigenvalue weighted by Crippen LogP contribution is -3.13. The van der Waals surface area contributed by atoms with Gasteiger partial charge in [-0.1, -0.05) is 66.6 Å². The van der Waals surface area contributed by atoms with E-state index in [4.69, 9.17) is 0 Å². The van der Waals surface area contributed by atoms with Crippen LogP contribution in [0.5, 0.6) is 0 Å². The summed E-state index contributed by atoms with van der Waals surface area (Å²) in [7, 11) is 4.31. The van der Waals surface area contributed by atoms with Crippen LogP contribution in [0, 0.1) is 11.8 Å². The van der Waals surface area contributed by atoms with Gasteiger partial charge in [0.1, 0.15) is 0 Å². The van der Waals surface area contributed by atoms with Crippen LogP contribution in [0.1, 0.15) is 37.3 Å². The molecule has 1 nitrogen and oxygen atoms in total. The van der Waals surface area contributed by atoms with Gasteiger partial charge in [-0.2, -0.15) is 0 Å². The van der Waals surface area contributed by atoms with Crippen molar-refractivity contribution in [2.75, 3.05) is 14.1 Å². The molecular formula is C21H26N+. The van der Waals surface area contributed by atoms with E-state index in [1.54, 1.807) is 0 Å². The minimum atomic E-state index is -0.0159. The number of rotatable bonds is 4. The Morgan fingerprint density at radius 3 is 1.73 bits per heavy atom. The molecule has 0 amide bonds. The number of hydrogen-bond donors (Lipinski definition) is 1. The van der Waals surface area contributed by atoms with Gasteiger partial charge in [0.15, 0.2) is 5.54 Å². The van der Waals surface area contributed by atoms with Gasteiger partial charge in [0, 0.05) is 26.2 Å². The summed E-state index contributed by atoms with van der Waals surface area (Å²) in [6.45, 7) is 4.38. The molecule has 0 aliphatic rings. The molecule has 114 valence electrons. The minimum Gasteiger partial charge on any atom is -0.325 e. The molecule has 0 aliphatic carbocycles. The van der Waals surface area contributed by atoms with E-state index < -0.39 is 0 Å². The summed E-state index contributed by atoms with van der Waals surface area (Å²) in [4.78, 5) is 1.36. The molecule has 0 aliphatic heterocycles. The SMILES string of the molecule is C[NH+](C)C(C)(C)C#CCC(c1ccccc1)c1ccccc1. The zero-order chi connectivity index (χ0) is 16.0. The van der Waals surface area contributed by atoms with E-state index in [0.717, 1.165) is 6.42 Å². The average molecular weight is 292 g/mol. The highest BCUT2D eigenvalue weighted by Gasteiger charge is 2.21. The van der Waals surface area contributed by atoms with Crippen LogP contribution in [-0.2, 0) is 0 Å². The van der Waals surface area contributed by atoms with Crippen LogP contribution in [0.3, 0.4) is 0 Å². The summed E-state index contributed by atoms with van der Waals surface area (Å²) in [5.74, 6) is 7.21. The maximum atomic E-state index is 3.44. The van der Waals surface area contributed by atoms with Crippen LogP contribution in [0.25, 0.3) is 0 Å². The molecular weight excluding hydrogens is 266 g/mol. The van der Waals surface area contributed by atoms with Gasteiger partial charge >= 0.3 is 0 Å². The van der Waals surface area contributed by atoms with Gasteiger partial charge < -0.3 is 4.90 Å². The highest BCUT2D eigenvalue weighted by Crippen LogP contribution is 2.27. The summed E-state index contributed by atoms with van der Waals surface area (Å²) in [5.41, 5.74) is 2.65. The van der Waals surface area contributed by atoms with Crippen molar-refractivity contribution in [2.45, 2.75) is 31.7 Å². The van der Waals surface area contributed by atoms with Crippen molar-refractivity contribution in [3.05, 3.63) is 71.8 Å². The Hall–Kier alpha value is -2.04. The number of hydrogen-bond acceptors (Lipinski definition) is 0. The van der Waals surface area contributed by atoms with E-state index >= 15 is 0 Å². The molecule has 0 bridgehead atoms. The molecule has 0 unspecified atom stereocenters. The summed E-state index contributed by atoms with van der Waals surface area (Å²) < 4.78 is 0. The van der Waals surface area contributed by atoms with Crippen LogP contribution in [0.2, 0.25) is 0 Å². The van der Waals surface area contributed by atoms with E-state index in [-0.39, 0.29) is 5.54 Å². The molecule has 0 saturated heterocycles. The van der Waals surface area contributed by atoms with Crippen LogP contribution in [0.4, 0.5) is 0 Å². The summed E-state index contributed by atoms with van der Waals surface area (Å²) in [6.07, 6.45) is 0.852. The average Bonchev–Trinajstić information content (AvgIpc) is 2.53. The van der Waals surface area contributed by atoms with Crippen molar-refractivity contribution >= 4 is 0 Å². The van der Waals surface area contributed by atoms with E-state index in [1.165, 1.54) is 16.0 Å². The number of quaternary nitrogens is 1. The normalized spacial score (nSPS) is 11.4. The van der Waals surface area contributed by atoms with Gasteiger partial charge in [0.05, 0.1) is 14.1 Å². The third-order valence-corrected chi connectivity index (χ3v) is 4.36. The topological polar surface area (TPSA) is 4.44 Å². The molecule has 22 heavy (non-hydrogen) atoms. The lowest BCUT2D eigenvalue weighted by Gasteiger charge is -2.23. The Bertz CT molecular complexity index is 590. The van der Waals surface area contributed by atoms with Crippen LogP contribution in [-0.4, -0.2) is 19.6 Å². The third-order valence-electron chi connectivity index (χ3n) is 4.36. The maximum Gasteiger partial charge on any atom is 0.153 e. The Morgan fingerprint density at radius 1 is 0.864 bits per heavy atom. The molecule has 0 aromatic heterocycles. The fourth-order valence-electron chi connectivity index (χ4n) is 2.30. The van der Waals surface area contributed by atoms with Crippen molar-refractivity contribution < 1.29 is 4.90 Å². The second kappa shape index (κ2) is 7.29. The number of nitrogens with one attached hydrogen (secondary N) is 1. The lowest BCUT2D eigenvalue weighted by molar-refractivity contribution is -0.900. The molecule has 0 heterocycles. The van der Waals surface area contributed by atoms with Crippen molar-refractivity contribution in [1.82, 2.24) is 0 Å². The molecule has 0 atom stereocenters. The fourth-order valence-corrected chi connectivity index (χ4v) is 2.30. The summed E-state index contributed by atoms with van der Waals surface area (Å²) in [5, 5.41) is 0. The Labute approximate surface area is 135 Å². The molecule has 1 heteroatoms. The molecule has 0 radical (unpaired) electrons. The first-order chi connectivity index (χ1) is 10.5. The predicted octanol–water partition coefficient (Wildman–Crippen LogP) is 3.14. The van der Waals surface area contributed by atoms with Crippen molar-refractivity contribution in [2.24, 2.45) is 0 Å². The van der Waals surface area contributed by atoms with Crippen LogP contribution in [0.15, 0.2) is 60.7 Å². The predicted molar refractivity (Wildman–Crippen MR) is 94.0 cm³/mol. The fraction of sp³-hybridized carbons (Fsp3) is 0.333. The Balaban J connectivity index is 2.26. The lowest BCUT2D eigenvalue weighted by atomic mass is 9.88. The van der Waals surface area contributed by atoms with Gasteiger partial charge in [0.25, 0.3) is 0 Å². The molecule has 1 N–H and O–H groups in total. The molecule has 2 aromatic rings. The first-order valence-electron chi connectivity index (χ1n) is 7.91. The largest absolute Gasteiger partial charge is 0.325 e. The monoisotopic (exact) mass is 292 g/mol. The van der Waals surface area contributed by atoms with Crippen molar-refractivity contribution in [3.63, 3.8) is 0 Å². The number of benzene rings is 2. The second-order valence-electron chi connectivity index (χ2n) is 6.50. The summed E-state index contributed by atoms with van der Waals surface area (Å²) in [6, 6.07) is 21.3. The van der Waals surface area contributed by atoms with Gasteiger partial charge in [-0.3, -0.25) is 0 Å². The van der Waals surface area contributed by atoms with Gasteiger partial charge in [0.2, 0.25) is 0 Å². The maximum absolute atomic E-state index is 3.44. The van der Waals surface area contributed by atoms with E-state index in [0.29, 0.717) is 5.92 Å². The molecule has 2 rings (SSSR count). The molecule has 2 aromatic carbocycles. The Kier molecular flexibility index (Phi) is 5.41. The smallest absolute Gasteiger partial charge is 0.153 e. The van der Waals surface area contributed by atoms with E-state index in [2.05, 4.69) is 100 Å². The highest BCUT2D eigenvalue weighted by molar-refractivity contribution is 5.34. The first kappa shape index (κ1) is 16.3. The van der Waals surface area contributed by atoms with Gasteiger partial charge in [-0.15, -0.1) is 0 Å². The first-order valence-corrected chi connectivity index (χ1v) is 7.91. The quantitative estimate of drug-likeness (QED) is 0.826. The standard InChI is InChI=1S/C21H25N/c1-21(2,22(3)4)17-11-16-20(18-12-7-5-8-13-18)19-14-9-6-10-15-19/h5-10,12-15,20H,16H2,1-4H3/p+1. The van der Waals surface area contributed by atoms with E-state index in [1.807, 2.05) is 0 Å². The zero-order valence-corrected chi connectivity index (χ0v) is 14.1. The second-order valence-corrected chi connectivity index (χ2v) is 6.50. The third kappa shape index (κ3) is 4.23. The van der Waals surface area contributed by atoms with Gasteiger partial charge in [-0.05, 0) is 17.0 Å². The Morgan fingerprint density at radius 2 is 1.32 bits per heavy atom. The summed E-state index contributed by atoms with van der Waals surface area (Å²) >= 11 is 0. The molecule has 0 fully saturated rings. The van der Waals surface area contributed by atoms with E-state index in [9.17, 15) is 0 Å². The molecule has 0 spiro atoms. The van der Waals surface area contributed by atoms with Crippen LogP contribution >= 0.6 is 0 Å². The van der Waals surface area contributed by atoms with Gasteiger partial charge in [-0.25, -0.2) is 0 Å². The van der Waals surface area contributed by atoms with Crippen molar-refractivity contribution in [3.8, 4) is 11.8 Å². The van der Waals surface area contributed by atoms with Crippen molar-refractivity contribution in [1.29, 1.82) is 0 Å². The van der Waals surface area contributed by atoms with Crippen LogP contribution < -0.4 is 4.90 Å².